The molecule has 5 heteroatoms. The summed E-state index contributed by atoms with van der Waals surface area (Å²) in [5.41, 5.74) is 4.51. The molecule has 2 N–H and O–H groups in total. The Labute approximate surface area is 149 Å². The molecule has 1 aromatic heterocycles. The third-order valence-electron chi connectivity index (χ3n) is 5.19. The summed E-state index contributed by atoms with van der Waals surface area (Å²) in [7, 11) is 0. The van der Waals surface area contributed by atoms with Crippen molar-refractivity contribution in [3.8, 4) is 11.3 Å². The van der Waals surface area contributed by atoms with Gasteiger partial charge in [0.15, 0.2) is 0 Å². The molecule has 1 aromatic carbocycles. The number of benzene rings is 1. The molecular weight excluding hydrogens is 312 g/mol. The highest BCUT2D eigenvalue weighted by atomic mass is 16.1. The van der Waals surface area contributed by atoms with Crippen molar-refractivity contribution in [2.75, 3.05) is 26.2 Å². The highest BCUT2D eigenvalue weighted by molar-refractivity contribution is 5.80. The molecular formula is C20H28N4O. The number of nitrogens with one attached hydrogen (secondary N) is 2. The zero-order chi connectivity index (χ0) is 17.6. The Balaban J connectivity index is 1.63. The van der Waals surface area contributed by atoms with E-state index >= 15 is 0 Å². The van der Waals surface area contributed by atoms with Gasteiger partial charge in [0, 0.05) is 35.8 Å². The Morgan fingerprint density at radius 2 is 2.04 bits per heavy atom. The molecule has 0 bridgehead atoms. The van der Waals surface area contributed by atoms with Crippen LogP contribution in [0.15, 0.2) is 30.3 Å². The lowest BCUT2D eigenvalue weighted by molar-refractivity contribution is -0.125. The number of H-pyrrole nitrogens is 1. The highest BCUT2D eigenvalue weighted by Gasteiger charge is 2.28. The molecule has 2 aromatic rings. The van der Waals surface area contributed by atoms with Crippen LogP contribution in [0.2, 0.25) is 0 Å². The first-order valence-electron chi connectivity index (χ1n) is 9.34. The fourth-order valence-corrected chi connectivity index (χ4v) is 3.57. The second-order valence-corrected chi connectivity index (χ2v) is 6.65. The molecule has 3 rings (SSSR count). The third-order valence-corrected chi connectivity index (χ3v) is 5.19. The standard InChI is InChI=1S/C20H28N4O/c1-3-24(4-2)13-12-21-20(25)16-10-11-18-17(14-16)19(23-22-18)15-8-6-5-7-9-15/h5-9,16H,3-4,10-14H2,1-2H3,(H,21,25)(H,22,23). The molecule has 25 heavy (non-hydrogen) atoms. The number of fused-ring (bicyclic) bond motifs is 1. The minimum absolute atomic E-state index is 0.0456. The molecule has 1 amide bonds. The smallest absolute Gasteiger partial charge is 0.223 e. The molecule has 0 saturated carbocycles. The van der Waals surface area contributed by atoms with Crippen molar-refractivity contribution in [3.05, 3.63) is 41.6 Å². The highest BCUT2D eigenvalue weighted by Crippen LogP contribution is 2.31. The molecule has 0 radical (unpaired) electrons. The van der Waals surface area contributed by atoms with Gasteiger partial charge in [0.1, 0.15) is 0 Å². The van der Waals surface area contributed by atoms with Gasteiger partial charge in [-0.3, -0.25) is 9.89 Å². The van der Waals surface area contributed by atoms with Gasteiger partial charge < -0.3 is 10.2 Å². The predicted molar refractivity (Wildman–Crippen MR) is 100 cm³/mol. The molecule has 0 spiro atoms. The Bertz CT molecular complexity index is 691. The van der Waals surface area contributed by atoms with E-state index in [9.17, 15) is 4.79 Å². The molecule has 1 unspecified atom stereocenters. The Morgan fingerprint density at radius 1 is 1.28 bits per heavy atom. The topological polar surface area (TPSA) is 61.0 Å². The van der Waals surface area contributed by atoms with E-state index in [1.54, 1.807) is 0 Å². The largest absolute Gasteiger partial charge is 0.355 e. The van der Waals surface area contributed by atoms with Crippen LogP contribution in [0.1, 0.15) is 31.5 Å². The number of rotatable bonds is 7. The fourth-order valence-electron chi connectivity index (χ4n) is 3.57. The molecule has 0 fully saturated rings. The first-order valence-corrected chi connectivity index (χ1v) is 9.34. The maximum atomic E-state index is 12.6. The zero-order valence-electron chi connectivity index (χ0n) is 15.2. The van der Waals surface area contributed by atoms with Crippen molar-refractivity contribution >= 4 is 5.91 Å². The van der Waals surface area contributed by atoms with E-state index in [1.807, 2.05) is 18.2 Å². The van der Waals surface area contributed by atoms with Crippen molar-refractivity contribution in [2.45, 2.75) is 33.1 Å². The van der Waals surface area contributed by atoms with Crippen LogP contribution >= 0.6 is 0 Å². The van der Waals surface area contributed by atoms with Crippen molar-refractivity contribution < 1.29 is 4.79 Å². The average molecular weight is 340 g/mol. The summed E-state index contributed by atoms with van der Waals surface area (Å²) in [5, 5.41) is 10.8. The Hall–Kier alpha value is -2.14. The second kappa shape index (κ2) is 8.30. The van der Waals surface area contributed by atoms with Gasteiger partial charge in [0.05, 0.1) is 5.69 Å². The van der Waals surface area contributed by atoms with E-state index in [0.717, 1.165) is 56.7 Å². The van der Waals surface area contributed by atoms with Gasteiger partial charge in [-0.25, -0.2) is 0 Å². The van der Waals surface area contributed by atoms with E-state index in [4.69, 9.17) is 0 Å². The summed E-state index contributed by atoms with van der Waals surface area (Å²) in [5.74, 6) is 0.224. The number of aryl methyl sites for hydroxylation is 1. The molecule has 1 atom stereocenters. The van der Waals surface area contributed by atoms with Gasteiger partial charge in [-0.1, -0.05) is 44.2 Å². The number of aromatic amines is 1. The van der Waals surface area contributed by atoms with Crippen LogP contribution in [0.25, 0.3) is 11.3 Å². The second-order valence-electron chi connectivity index (χ2n) is 6.65. The van der Waals surface area contributed by atoms with Crippen LogP contribution in [0, 0.1) is 5.92 Å². The molecule has 1 heterocycles. The number of amides is 1. The minimum Gasteiger partial charge on any atom is -0.355 e. The lowest BCUT2D eigenvalue weighted by Crippen LogP contribution is -2.39. The van der Waals surface area contributed by atoms with Crippen molar-refractivity contribution in [1.82, 2.24) is 20.4 Å². The fraction of sp³-hybridized carbons (Fsp3) is 0.500. The summed E-state index contributed by atoms with van der Waals surface area (Å²) < 4.78 is 0. The molecule has 1 aliphatic rings. The number of nitrogens with zero attached hydrogens (tertiary/aromatic N) is 2. The molecule has 0 aliphatic heterocycles. The third kappa shape index (κ3) is 4.10. The Morgan fingerprint density at radius 3 is 2.76 bits per heavy atom. The number of hydrogen-bond acceptors (Lipinski definition) is 3. The maximum Gasteiger partial charge on any atom is 0.223 e. The summed E-state index contributed by atoms with van der Waals surface area (Å²) >= 11 is 0. The number of carbonyl (C=O) groups is 1. The summed E-state index contributed by atoms with van der Waals surface area (Å²) in [6, 6.07) is 10.2. The van der Waals surface area contributed by atoms with Crippen molar-refractivity contribution in [2.24, 2.45) is 5.92 Å². The molecule has 0 saturated heterocycles. The van der Waals surface area contributed by atoms with Crippen LogP contribution < -0.4 is 5.32 Å². The quantitative estimate of drug-likeness (QED) is 0.814. The minimum atomic E-state index is 0.0456. The monoisotopic (exact) mass is 340 g/mol. The van der Waals surface area contributed by atoms with Crippen molar-refractivity contribution in [3.63, 3.8) is 0 Å². The normalized spacial score (nSPS) is 16.7. The zero-order valence-corrected chi connectivity index (χ0v) is 15.2. The summed E-state index contributed by atoms with van der Waals surface area (Å²) in [4.78, 5) is 14.9. The first-order chi connectivity index (χ1) is 12.2. The van der Waals surface area contributed by atoms with Crippen molar-refractivity contribution in [1.29, 1.82) is 0 Å². The number of hydrogen-bond donors (Lipinski definition) is 2. The van der Waals surface area contributed by atoms with Gasteiger partial charge in [0.25, 0.3) is 0 Å². The van der Waals surface area contributed by atoms with E-state index in [0.29, 0.717) is 0 Å². The summed E-state index contributed by atoms with van der Waals surface area (Å²) in [6.45, 7) is 7.98. The van der Waals surface area contributed by atoms with Crippen LogP contribution in [0.5, 0.6) is 0 Å². The number of likely N-dealkylation sites (N-methyl/N-ethyl adjacent to an activating group) is 1. The van der Waals surface area contributed by atoms with Gasteiger partial charge in [-0.15, -0.1) is 0 Å². The molecule has 5 nitrogen and oxygen atoms in total. The average Bonchev–Trinajstić information content (AvgIpc) is 3.09. The number of carbonyl (C=O) groups excluding carboxylic acids is 1. The first kappa shape index (κ1) is 17.7. The van der Waals surface area contributed by atoms with Crippen LogP contribution in [0.4, 0.5) is 0 Å². The maximum absolute atomic E-state index is 12.6. The van der Waals surface area contributed by atoms with Gasteiger partial charge >= 0.3 is 0 Å². The van der Waals surface area contributed by atoms with Crippen LogP contribution in [-0.2, 0) is 17.6 Å². The van der Waals surface area contributed by atoms with Gasteiger partial charge in [-0.05, 0) is 32.4 Å². The Kier molecular flexibility index (Phi) is 5.87. The van der Waals surface area contributed by atoms with Gasteiger partial charge in [-0.2, -0.15) is 5.10 Å². The van der Waals surface area contributed by atoms with E-state index in [1.165, 1.54) is 11.3 Å². The van der Waals surface area contributed by atoms with E-state index < -0.39 is 0 Å². The van der Waals surface area contributed by atoms with E-state index in [2.05, 4.69) is 46.4 Å². The van der Waals surface area contributed by atoms with E-state index in [-0.39, 0.29) is 11.8 Å². The predicted octanol–water partition coefficient (Wildman–Crippen LogP) is 2.64. The molecule has 1 aliphatic carbocycles. The van der Waals surface area contributed by atoms with Gasteiger partial charge in [0.2, 0.25) is 5.91 Å². The summed E-state index contributed by atoms with van der Waals surface area (Å²) in [6.07, 6.45) is 2.55. The SMILES string of the molecule is CCN(CC)CCNC(=O)C1CCc2[nH]nc(-c3ccccc3)c2C1. The van der Waals surface area contributed by atoms with Crippen LogP contribution in [-0.4, -0.2) is 47.2 Å². The van der Waals surface area contributed by atoms with Crippen LogP contribution in [0.3, 0.4) is 0 Å². The molecule has 134 valence electrons. The number of aromatic nitrogens is 2. The lowest BCUT2D eigenvalue weighted by Gasteiger charge is -2.23. The lowest BCUT2D eigenvalue weighted by atomic mass is 9.85.